The van der Waals surface area contributed by atoms with Crippen molar-refractivity contribution in [2.75, 3.05) is 32.8 Å². The third-order valence-corrected chi connectivity index (χ3v) is 6.04. The normalized spacial score (nSPS) is 22.2. The van der Waals surface area contributed by atoms with Gasteiger partial charge in [0.05, 0.1) is 5.92 Å². The molecular formula is C24H29N3O3. The second kappa shape index (κ2) is 9.39. The van der Waals surface area contributed by atoms with E-state index in [0.29, 0.717) is 39.2 Å². The molecule has 0 saturated carbocycles. The molecule has 0 aliphatic carbocycles. The molecule has 1 aromatic carbocycles. The van der Waals surface area contributed by atoms with Crippen LogP contribution in [0, 0.1) is 5.92 Å². The van der Waals surface area contributed by atoms with E-state index in [0.717, 1.165) is 29.5 Å². The standard InChI is InChI=1S/C24H29N3O3/c1-2-26-11-12-27(24(29)22-9-5-13-30-22)17-21(23(26)28)15-18-6-3-7-19(14-18)20-8-4-10-25-16-20/h3-4,6-8,10,14,16,21-22H,2,5,9,11-13,15,17H2,1H3/t21-,22-/m1/s1. The lowest BCUT2D eigenvalue weighted by Gasteiger charge is -2.25. The number of hydrogen-bond acceptors (Lipinski definition) is 4. The Kier molecular flexibility index (Phi) is 6.43. The number of benzene rings is 1. The van der Waals surface area contributed by atoms with Gasteiger partial charge >= 0.3 is 0 Å². The zero-order valence-electron chi connectivity index (χ0n) is 17.5. The fourth-order valence-electron chi connectivity index (χ4n) is 4.38. The molecule has 6 heteroatoms. The lowest BCUT2D eigenvalue weighted by atomic mass is 9.95. The Bertz CT molecular complexity index is 880. The lowest BCUT2D eigenvalue weighted by molar-refractivity contribution is -0.141. The van der Waals surface area contributed by atoms with Gasteiger partial charge in [-0.25, -0.2) is 0 Å². The van der Waals surface area contributed by atoms with E-state index in [1.807, 2.05) is 41.1 Å². The monoisotopic (exact) mass is 407 g/mol. The molecule has 1 aromatic heterocycles. The molecule has 2 atom stereocenters. The summed E-state index contributed by atoms with van der Waals surface area (Å²) in [6.07, 6.45) is 5.57. The van der Waals surface area contributed by atoms with Crippen LogP contribution < -0.4 is 0 Å². The van der Waals surface area contributed by atoms with Gasteiger partial charge in [-0.05, 0) is 48.9 Å². The average molecular weight is 408 g/mol. The first-order chi connectivity index (χ1) is 14.7. The summed E-state index contributed by atoms with van der Waals surface area (Å²) < 4.78 is 5.61. The topological polar surface area (TPSA) is 62.7 Å². The number of amides is 2. The quantitative estimate of drug-likeness (QED) is 0.765. The molecule has 0 bridgehead atoms. The maximum Gasteiger partial charge on any atom is 0.251 e. The SMILES string of the molecule is CCN1CCN(C(=O)[C@H]2CCCO2)C[C@@H](Cc2cccc(-c3cccnc3)c2)C1=O. The zero-order chi connectivity index (χ0) is 20.9. The van der Waals surface area contributed by atoms with Gasteiger partial charge in [-0.2, -0.15) is 0 Å². The summed E-state index contributed by atoms with van der Waals surface area (Å²) in [6.45, 7) is 4.91. The molecule has 0 radical (unpaired) electrons. The lowest BCUT2D eigenvalue weighted by Crippen LogP contribution is -2.42. The first-order valence-electron chi connectivity index (χ1n) is 10.8. The molecule has 2 aromatic rings. The minimum Gasteiger partial charge on any atom is -0.368 e. The maximum atomic E-state index is 13.2. The van der Waals surface area contributed by atoms with Crippen LogP contribution in [0.5, 0.6) is 0 Å². The minimum atomic E-state index is -0.345. The Morgan fingerprint density at radius 3 is 2.80 bits per heavy atom. The van der Waals surface area contributed by atoms with Crippen molar-refractivity contribution in [3.63, 3.8) is 0 Å². The van der Waals surface area contributed by atoms with E-state index in [9.17, 15) is 9.59 Å². The molecule has 0 unspecified atom stereocenters. The highest BCUT2D eigenvalue weighted by Crippen LogP contribution is 2.24. The molecule has 3 heterocycles. The molecule has 2 aliphatic rings. The predicted octanol–water partition coefficient (Wildman–Crippen LogP) is 2.78. The number of carbonyl (C=O) groups is 2. The number of pyridine rings is 1. The largest absolute Gasteiger partial charge is 0.368 e. The third-order valence-electron chi connectivity index (χ3n) is 6.04. The smallest absolute Gasteiger partial charge is 0.251 e. The van der Waals surface area contributed by atoms with E-state index in [2.05, 4.69) is 23.2 Å². The third kappa shape index (κ3) is 4.54. The van der Waals surface area contributed by atoms with Crippen molar-refractivity contribution in [1.82, 2.24) is 14.8 Å². The molecule has 0 spiro atoms. The van der Waals surface area contributed by atoms with Crippen molar-refractivity contribution in [3.05, 3.63) is 54.4 Å². The van der Waals surface area contributed by atoms with Gasteiger partial charge in [0.1, 0.15) is 6.10 Å². The van der Waals surface area contributed by atoms with Crippen molar-refractivity contribution in [2.45, 2.75) is 32.3 Å². The Labute approximate surface area is 177 Å². The van der Waals surface area contributed by atoms with Gasteiger partial charge in [-0.3, -0.25) is 14.6 Å². The molecule has 0 N–H and O–H groups in total. The van der Waals surface area contributed by atoms with Crippen LogP contribution in [0.1, 0.15) is 25.3 Å². The molecule has 30 heavy (non-hydrogen) atoms. The first kappa shape index (κ1) is 20.5. The fraction of sp³-hybridized carbons (Fsp3) is 0.458. The number of hydrogen-bond donors (Lipinski definition) is 0. The second-order valence-corrected chi connectivity index (χ2v) is 8.05. The average Bonchev–Trinajstić information content (AvgIpc) is 3.28. The molecule has 2 fully saturated rings. The Hall–Kier alpha value is -2.73. The maximum absolute atomic E-state index is 13.2. The summed E-state index contributed by atoms with van der Waals surface area (Å²) in [5, 5.41) is 0. The summed E-state index contributed by atoms with van der Waals surface area (Å²) in [5.41, 5.74) is 3.23. The molecule has 2 aliphatic heterocycles. The van der Waals surface area contributed by atoms with E-state index in [1.165, 1.54) is 0 Å². The fourth-order valence-corrected chi connectivity index (χ4v) is 4.38. The molecule has 158 valence electrons. The molecule has 6 nitrogen and oxygen atoms in total. The van der Waals surface area contributed by atoms with Crippen molar-refractivity contribution in [1.29, 1.82) is 0 Å². The van der Waals surface area contributed by atoms with Gasteiger partial charge < -0.3 is 14.5 Å². The number of nitrogens with zero attached hydrogens (tertiary/aromatic N) is 3. The summed E-state index contributed by atoms with van der Waals surface area (Å²) in [4.78, 5) is 34.1. The molecule has 2 amide bonds. The Morgan fingerprint density at radius 1 is 1.20 bits per heavy atom. The van der Waals surface area contributed by atoms with Crippen LogP contribution in [-0.4, -0.2) is 65.5 Å². The van der Waals surface area contributed by atoms with E-state index < -0.39 is 0 Å². The number of likely N-dealkylation sites (N-methyl/N-ethyl adjacent to an activating group) is 1. The summed E-state index contributed by atoms with van der Waals surface area (Å²) >= 11 is 0. The van der Waals surface area contributed by atoms with Crippen LogP contribution >= 0.6 is 0 Å². The van der Waals surface area contributed by atoms with Gasteiger partial charge in [0.2, 0.25) is 5.91 Å². The van der Waals surface area contributed by atoms with Crippen molar-refractivity contribution < 1.29 is 14.3 Å². The highest BCUT2D eigenvalue weighted by Gasteiger charge is 2.35. The number of rotatable bonds is 5. The van der Waals surface area contributed by atoms with Gasteiger partial charge in [-0.1, -0.05) is 30.3 Å². The van der Waals surface area contributed by atoms with Crippen molar-refractivity contribution in [2.24, 2.45) is 5.92 Å². The first-order valence-corrected chi connectivity index (χ1v) is 10.8. The van der Waals surface area contributed by atoms with Gasteiger partial charge in [0.15, 0.2) is 0 Å². The van der Waals surface area contributed by atoms with Crippen LogP contribution in [0.2, 0.25) is 0 Å². The highest BCUT2D eigenvalue weighted by molar-refractivity contribution is 5.84. The van der Waals surface area contributed by atoms with Crippen LogP contribution in [0.15, 0.2) is 48.8 Å². The van der Waals surface area contributed by atoms with E-state index in [1.54, 1.807) is 6.20 Å². The zero-order valence-corrected chi connectivity index (χ0v) is 17.5. The van der Waals surface area contributed by atoms with Crippen molar-refractivity contribution in [3.8, 4) is 11.1 Å². The van der Waals surface area contributed by atoms with E-state index in [4.69, 9.17) is 4.74 Å². The number of ether oxygens (including phenoxy) is 1. The van der Waals surface area contributed by atoms with E-state index >= 15 is 0 Å². The number of aromatic nitrogens is 1. The van der Waals surface area contributed by atoms with Gasteiger partial charge in [-0.15, -0.1) is 0 Å². The van der Waals surface area contributed by atoms with Crippen LogP contribution in [0.25, 0.3) is 11.1 Å². The van der Waals surface area contributed by atoms with Crippen LogP contribution in [0.3, 0.4) is 0 Å². The Morgan fingerprint density at radius 2 is 2.07 bits per heavy atom. The minimum absolute atomic E-state index is 0.0346. The summed E-state index contributed by atoms with van der Waals surface area (Å²) in [7, 11) is 0. The van der Waals surface area contributed by atoms with Crippen LogP contribution in [-0.2, 0) is 20.7 Å². The Balaban J connectivity index is 1.54. The predicted molar refractivity (Wildman–Crippen MR) is 115 cm³/mol. The van der Waals surface area contributed by atoms with Gasteiger partial charge in [0, 0.05) is 45.2 Å². The van der Waals surface area contributed by atoms with E-state index in [-0.39, 0.29) is 23.8 Å². The second-order valence-electron chi connectivity index (χ2n) is 8.05. The van der Waals surface area contributed by atoms with Crippen LogP contribution in [0.4, 0.5) is 0 Å². The van der Waals surface area contributed by atoms with Gasteiger partial charge in [0.25, 0.3) is 5.91 Å². The highest BCUT2D eigenvalue weighted by atomic mass is 16.5. The summed E-state index contributed by atoms with van der Waals surface area (Å²) in [5.74, 6) is -0.0822. The van der Waals surface area contributed by atoms with Crippen molar-refractivity contribution >= 4 is 11.8 Å². The molecular weight excluding hydrogens is 378 g/mol. The molecule has 2 saturated heterocycles. The summed E-state index contributed by atoms with van der Waals surface area (Å²) in [6, 6.07) is 12.2. The number of carbonyl (C=O) groups excluding carboxylic acids is 2. The molecule has 4 rings (SSSR count).